The van der Waals surface area contributed by atoms with Crippen LogP contribution >= 0.6 is 0 Å². The molecule has 4 fully saturated rings. The Morgan fingerprint density at radius 2 is 1.76 bits per heavy atom. The molecular weight excluding hydrogens is 408 g/mol. The normalized spacial score (nSPS) is 40.5. The minimum Gasteiger partial charge on any atom is -0.393 e. The molecule has 1 unspecified atom stereocenters. The molecule has 4 aliphatic rings. The Hall–Kier alpha value is -1.16. The zero-order valence-electron chi connectivity index (χ0n) is 20.9. The van der Waals surface area contributed by atoms with Gasteiger partial charge in [-0.15, -0.1) is 0 Å². The lowest BCUT2D eigenvalue weighted by atomic mass is 9.61. The minimum atomic E-state index is -0.623. The van der Waals surface area contributed by atoms with Crippen LogP contribution in [-0.2, 0) is 0 Å². The molecule has 7 atom stereocenters. The average Bonchev–Trinajstić information content (AvgIpc) is 3.16. The molecule has 0 saturated heterocycles. The van der Waals surface area contributed by atoms with Gasteiger partial charge in [0.15, 0.2) is 0 Å². The quantitative estimate of drug-likeness (QED) is 0.430. The van der Waals surface area contributed by atoms with E-state index in [4.69, 9.17) is 0 Å². The Balaban J connectivity index is 1.44. The van der Waals surface area contributed by atoms with Crippen molar-refractivity contribution in [1.82, 2.24) is 0 Å². The van der Waals surface area contributed by atoms with Crippen LogP contribution in [-0.4, -0.2) is 33.6 Å². The number of aliphatic hydroxyl groups excluding tert-OH is 3. The van der Waals surface area contributed by atoms with E-state index in [0.717, 1.165) is 17.6 Å². The van der Waals surface area contributed by atoms with E-state index in [1.54, 1.807) is 5.57 Å². The Kier molecular flexibility index (Phi) is 8.03. The molecule has 4 aliphatic carbocycles. The van der Waals surface area contributed by atoms with Gasteiger partial charge in [-0.05, 0) is 91.6 Å². The summed E-state index contributed by atoms with van der Waals surface area (Å²) >= 11 is 0. The van der Waals surface area contributed by atoms with E-state index in [0.29, 0.717) is 41.9 Å². The van der Waals surface area contributed by atoms with E-state index in [1.807, 2.05) is 0 Å². The maximum atomic E-state index is 10.7. The Morgan fingerprint density at radius 1 is 1.00 bits per heavy atom. The maximum Gasteiger partial charge on any atom is 0.0811 e. The molecule has 0 bridgehead atoms. The van der Waals surface area contributed by atoms with Crippen LogP contribution in [0.4, 0.5) is 0 Å². The monoisotopic (exact) mass is 454 g/mol. The lowest BCUT2D eigenvalue weighted by molar-refractivity contribution is 0.0862. The van der Waals surface area contributed by atoms with Crippen molar-refractivity contribution in [3.05, 3.63) is 47.6 Å². The number of aliphatic hydroxyl groups is 3. The van der Waals surface area contributed by atoms with E-state index in [-0.39, 0.29) is 6.10 Å². The number of hydrogen-bond donors (Lipinski definition) is 3. The average molecular weight is 455 g/mol. The topological polar surface area (TPSA) is 60.7 Å². The zero-order valence-corrected chi connectivity index (χ0v) is 20.9. The van der Waals surface area contributed by atoms with Gasteiger partial charge < -0.3 is 15.3 Å². The highest BCUT2D eigenvalue weighted by molar-refractivity contribution is 5.38. The lowest BCUT2D eigenvalue weighted by Crippen LogP contribution is -2.35. The third kappa shape index (κ3) is 5.41. The molecule has 184 valence electrons. The van der Waals surface area contributed by atoms with Crippen LogP contribution in [0.3, 0.4) is 0 Å². The first-order valence-electron chi connectivity index (χ1n) is 13.6. The summed E-state index contributed by atoms with van der Waals surface area (Å²) in [7, 11) is 0. The summed E-state index contributed by atoms with van der Waals surface area (Å²) in [4.78, 5) is 0. The summed E-state index contributed by atoms with van der Waals surface area (Å²) in [6.07, 6.45) is 20.9. The van der Waals surface area contributed by atoms with Crippen molar-refractivity contribution < 1.29 is 15.3 Å². The van der Waals surface area contributed by atoms with Crippen molar-refractivity contribution in [3.63, 3.8) is 0 Å². The van der Waals surface area contributed by atoms with Crippen molar-refractivity contribution in [2.24, 2.45) is 29.1 Å². The first-order valence-corrected chi connectivity index (χ1v) is 13.6. The van der Waals surface area contributed by atoms with Gasteiger partial charge in [0.05, 0.1) is 18.3 Å². The fourth-order valence-electron chi connectivity index (χ4n) is 7.66. The van der Waals surface area contributed by atoms with Gasteiger partial charge in [-0.25, -0.2) is 0 Å². The summed E-state index contributed by atoms with van der Waals surface area (Å²) in [5.41, 5.74) is 3.63. The number of rotatable bonds is 5. The largest absolute Gasteiger partial charge is 0.393 e. The Morgan fingerprint density at radius 3 is 2.52 bits per heavy atom. The van der Waals surface area contributed by atoms with E-state index in [2.05, 4.69) is 44.7 Å². The molecule has 3 nitrogen and oxygen atoms in total. The molecule has 0 aromatic carbocycles. The third-order valence-corrected chi connectivity index (χ3v) is 9.68. The summed E-state index contributed by atoms with van der Waals surface area (Å²) in [5.74, 6) is 2.21. The van der Waals surface area contributed by atoms with Gasteiger partial charge in [-0.2, -0.15) is 0 Å². The Bertz CT molecular complexity index is 786. The second-order valence-corrected chi connectivity index (χ2v) is 11.8. The van der Waals surface area contributed by atoms with Gasteiger partial charge in [0.25, 0.3) is 0 Å². The van der Waals surface area contributed by atoms with Crippen molar-refractivity contribution in [3.8, 4) is 0 Å². The summed E-state index contributed by atoms with van der Waals surface area (Å²) in [6, 6.07) is 0. The van der Waals surface area contributed by atoms with Gasteiger partial charge in [-0.3, -0.25) is 0 Å². The molecular formula is C30H46O3. The molecule has 3 N–H and O–H groups in total. The molecule has 33 heavy (non-hydrogen) atoms. The number of hydrogen-bond acceptors (Lipinski definition) is 3. The predicted octanol–water partition coefficient (Wildman–Crippen LogP) is 6.26. The maximum absolute atomic E-state index is 10.7. The summed E-state index contributed by atoms with van der Waals surface area (Å²) in [5, 5.41) is 31.0. The highest BCUT2D eigenvalue weighted by Crippen LogP contribution is 2.59. The van der Waals surface area contributed by atoms with Crippen LogP contribution in [0.25, 0.3) is 0 Å². The molecule has 0 amide bonds. The van der Waals surface area contributed by atoms with E-state index >= 15 is 0 Å². The van der Waals surface area contributed by atoms with Crippen LogP contribution in [0.15, 0.2) is 47.6 Å². The van der Waals surface area contributed by atoms with E-state index in [9.17, 15) is 15.3 Å². The number of fused-ring (bicyclic) bond motifs is 1. The molecule has 4 rings (SSSR count). The second-order valence-electron chi connectivity index (χ2n) is 11.8. The van der Waals surface area contributed by atoms with Crippen LogP contribution in [0, 0.1) is 29.1 Å². The SMILES string of the molecule is C=C1/C(=C\C=C2/CCC[C@]3(C)[C@@H]([C@H](C)/C=C/C(O)C4CCCCC4)CC[C@@H]23)C[C@@H](O)C[C@@H]1O. The van der Waals surface area contributed by atoms with Crippen molar-refractivity contribution in [2.75, 3.05) is 0 Å². The first-order chi connectivity index (χ1) is 15.8. The molecule has 0 heterocycles. The van der Waals surface area contributed by atoms with Gasteiger partial charge >= 0.3 is 0 Å². The van der Waals surface area contributed by atoms with Crippen LogP contribution in [0.1, 0.15) is 90.9 Å². The Labute approximate surface area is 201 Å². The van der Waals surface area contributed by atoms with Crippen molar-refractivity contribution >= 4 is 0 Å². The molecule has 4 saturated carbocycles. The molecule has 0 aliphatic heterocycles. The number of allylic oxidation sites excluding steroid dienone is 4. The summed E-state index contributed by atoms with van der Waals surface area (Å²) < 4.78 is 0. The second kappa shape index (κ2) is 10.6. The first kappa shape index (κ1) is 24.9. The fraction of sp³-hybridized carbons (Fsp3) is 0.733. The highest BCUT2D eigenvalue weighted by atomic mass is 16.3. The molecule has 0 aromatic rings. The zero-order chi connectivity index (χ0) is 23.6. The van der Waals surface area contributed by atoms with Crippen LogP contribution in [0.5, 0.6) is 0 Å². The molecule has 0 spiro atoms. The van der Waals surface area contributed by atoms with Crippen LogP contribution < -0.4 is 0 Å². The van der Waals surface area contributed by atoms with E-state index < -0.39 is 12.2 Å². The smallest absolute Gasteiger partial charge is 0.0811 e. The van der Waals surface area contributed by atoms with Crippen LogP contribution in [0.2, 0.25) is 0 Å². The minimum absolute atomic E-state index is 0.277. The highest BCUT2D eigenvalue weighted by Gasteiger charge is 2.50. The molecule has 0 aromatic heterocycles. The van der Waals surface area contributed by atoms with Gasteiger partial charge in [0.1, 0.15) is 0 Å². The molecule has 0 radical (unpaired) electrons. The third-order valence-electron chi connectivity index (χ3n) is 9.68. The summed E-state index contributed by atoms with van der Waals surface area (Å²) in [6.45, 7) is 8.93. The fourth-order valence-corrected chi connectivity index (χ4v) is 7.66. The van der Waals surface area contributed by atoms with Gasteiger partial charge in [0, 0.05) is 6.42 Å². The van der Waals surface area contributed by atoms with Crippen molar-refractivity contribution in [1.29, 1.82) is 0 Å². The van der Waals surface area contributed by atoms with E-state index in [1.165, 1.54) is 57.8 Å². The molecule has 3 heteroatoms. The predicted molar refractivity (Wildman–Crippen MR) is 136 cm³/mol. The van der Waals surface area contributed by atoms with Gasteiger partial charge in [-0.1, -0.05) is 69.6 Å². The van der Waals surface area contributed by atoms with Crippen molar-refractivity contribution in [2.45, 2.75) is 109 Å². The standard InChI is InChI=1S/C30H46O3/c1-20(11-16-28(32)23-8-5-4-6-9-23)26-14-15-27-22(10-7-17-30(26,27)3)12-13-24-18-25(31)19-29(33)21(24)2/h11-13,16,20,23,25-29,31-33H,2,4-10,14-15,17-19H2,1,3H3/b16-11+,22-12+,24-13-/t20-,25-,26-,27+,28?,29+,30-/m1/s1. The lowest BCUT2D eigenvalue weighted by Gasteiger charge is -2.44. The van der Waals surface area contributed by atoms with Gasteiger partial charge in [0.2, 0.25) is 0 Å².